The highest BCUT2D eigenvalue weighted by Crippen LogP contribution is 2.44. The molecule has 0 bridgehead atoms. The van der Waals surface area contributed by atoms with Crippen LogP contribution in [0.3, 0.4) is 0 Å². The number of aliphatic hydroxyl groups excluding tert-OH is 1. The number of rotatable bonds is 8. The fraction of sp³-hybridized carbons (Fsp3) is 0.172. The summed E-state index contributed by atoms with van der Waals surface area (Å²) in [5, 5.41) is 20.1. The van der Waals surface area contributed by atoms with Gasteiger partial charge < -0.3 is 14.6 Å². The highest BCUT2D eigenvalue weighted by atomic mass is 32.1. The van der Waals surface area contributed by atoms with E-state index in [-0.39, 0.29) is 16.3 Å². The predicted molar refractivity (Wildman–Crippen MR) is 144 cm³/mol. The molecule has 2 heterocycles. The summed E-state index contributed by atoms with van der Waals surface area (Å²) in [6, 6.07) is 18.7. The van der Waals surface area contributed by atoms with Gasteiger partial charge in [0, 0.05) is 5.56 Å². The summed E-state index contributed by atoms with van der Waals surface area (Å²) in [6.45, 7) is 4.22. The third-order valence-corrected chi connectivity index (χ3v) is 6.94. The number of nitrogens with zero attached hydrogens (tertiary/aromatic N) is 3. The zero-order chi connectivity index (χ0) is 27.5. The number of aryl methyl sites for hydroxylation is 1. The van der Waals surface area contributed by atoms with Crippen molar-refractivity contribution in [3.63, 3.8) is 0 Å². The lowest BCUT2D eigenvalue weighted by atomic mass is 9.95. The highest BCUT2D eigenvalue weighted by Gasteiger charge is 2.48. The second-order valence-corrected chi connectivity index (χ2v) is 9.85. The molecule has 3 aromatic carbocycles. The number of hydrogen-bond acceptors (Lipinski definition) is 8. The van der Waals surface area contributed by atoms with E-state index in [0.29, 0.717) is 35.3 Å². The van der Waals surface area contributed by atoms with Gasteiger partial charge in [-0.2, -0.15) is 0 Å². The van der Waals surface area contributed by atoms with Crippen molar-refractivity contribution in [3.8, 4) is 11.5 Å². The number of Topliss-reactive ketones (excluding diaryl/α,β-unsaturated/α-hetero) is 1. The molecule has 1 atom stereocenters. The third-order valence-electron chi connectivity index (χ3n) is 6.10. The van der Waals surface area contributed by atoms with Crippen molar-refractivity contribution in [2.45, 2.75) is 26.5 Å². The molecule has 39 heavy (non-hydrogen) atoms. The summed E-state index contributed by atoms with van der Waals surface area (Å²) in [5.41, 5.74) is 1.50. The molecule has 198 valence electrons. The van der Waals surface area contributed by atoms with E-state index >= 15 is 0 Å². The molecule has 1 fully saturated rings. The van der Waals surface area contributed by atoms with Crippen LogP contribution < -0.4 is 14.4 Å². The molecule has 1 unspecified atom stereocenters. The molecule has 1 aliphatic rings. The molecule has 1 aromatic heterocycles. The molecule has 0 aliphatic carbocycles. The number of ketones is 1. The molecular weight excluding hydrogens is 521 g/mol. The summed E-state index contributed by atoms with van der Waals surface area (Å²) in [7, 11) is 0. The fourth-order valence-corrected chi connectivity index (χ4v) is 5.02. The van der Waals surface area contributed by atoms with Crippen LogP contribution in [0.5, 0.6) is 11.5 Å². The topological polar surface area (TPSA) is 102 Å². The lowest BCUT2D eigenvalue weighted by molar-refractivity contribution is -0.132. The van der Waals surface area contributed by atoms with E-state index in [1.54, 1.807) is 25.1 Å². The number of ether oxygens (including phenoxy) is 2. The number of anilines is 1. The number of carbonyl (C=O) groups is 2. The number of hydrogen-bond donors (Lipinski definition) is 1. The van der Waals surface area contributed by atoms with Crippen molar-refractivity contribution in [1.29, 1.82) is 0 Å². The van der Waals surface area contributed by atoms with Crippen molar-refractivity contribution < 1.29 is 28.6 Å². The van der Waals surface area contributed by atoms with Gasteiger partial charge in [0.25, 0.3) is 5.78 Å². The summed E-state index contributed by atoms with van der Waals surface area (Å²) in [5.74, 6) is -1.79. The van der Waals surface area contributed by atoms with Gasteiger partial charge in [0.1, 0.15) is 23.2 Å². The van der Waals surface area contributed by atoms with Crippen LogP contribution in [-0.2, 0) is 16.2 Å². The smallest absolute Gasteiger partial charge is 0.301 e. The highest BCUT2D eigenvalue weighted by molar-refractivity contribution is 7.15. The van der Waals surface area contributed by atoms with E-state index in [0.717, 1.165) is 16.9 Å². The first-order chi connectivity index (χ1) is 18.9. The summed E-state index contributed by atoms with van der Waals surface area (Å²) in [4.78, 5) is 27.8. The summed E-state index contributed by atoms with van der Waals surface area (Å²) < 4.78 is 25.4. The normalized spacial score (nSPS) is 16.5. The molecule has 10 heteroatoms. The number of aromatic nitrogens is 2. The van der Waals surface area contributed by atoms with Crippen LogP contribution in [0.25, 0.3) is 5.76 Å². The molecule has 4 aromatic rings. The molecule has 1 saturated heterocycles. The molecule has 1 amide bonds. The van der Waals surface area contributed by atoms with E-state index in [2.05, 4.69) is 10.2 Å². The van der Waals surface area contributed by atoms with Gasteiger partial charge in [-0.1, -0.05) is 47.7 Å². The maximum Gasteiger partial charge on any atom is 0.301 e. The van der Waals surface area contributed by atoms with Crippen LogP contribution in [0.1, 0.15) is 34.7 Å². The maximum atomic E-state index is 13.6. The predicted octanol–water partition coefficient (Wildman–Crippen LogP) is 5.59. The second kappa shape index (κ2) is 11.0. The average Bonchev–Trinajstić information content (AvgIpc) is 3.48. The van der Waals surface area contributed by atoms with Crippen LogP contribution in [0.2, 0.25) is 0 Å². The molecule has 5 rings (SSSR count). The van der Waals surface area contributed by atoms with Crippen molar-refractivity contribution in [2.24, 2.45) is 0 Å². The Morgan fingerprint density at radius 2 is 1.74 bits per heavy atom. The van der Waals surface area contributed by atoms with Gasteiger partial charge >= 0.3 is 5.91 Å². The number of aliphatic hydroxyl groups is 1. The van der Waals surface area contributed by atoms with Gasteiger partial charge in [0.05, 0.1) is 18.2 Å². The molecule has 0 saturated carbocycles. The van der Waals surface area contributed by atoms with Gasteiger partial charge in [0.15, 0.2) is 11.5 Å². The van der Waals surface area contributed by atoms with Gasteiger partial charge in [-0.05, 0) is 61.4 Å². The molecule has 8 nitrogen and oxygen atoms in total. The van der Waals surface area contributed by atoms with Crippen molar-refractivity contribution >= 4 is 33.9 Å². The van der Waals surface area contributed by atoms with E-state index in [4.69, 9.17) is 9.47 Å². The first kappa shape index (κ1) is 26.1. The van der Waals surface area contributed by atoms with Crippen LogP contribution in [0.4, 0.5) is 9.52 Å². The monoisotopic (exact) mass is 545 g/mol. The average molecular weight is 546 g/mol. The zero-order valence-corrected chi connectivity index (χ0v) is 21.9. The minimum absolute atomic E-state index is 0.153. The quantitative estimate of drug-likeness (QED) is 0.175. The Labute approximate surface area is 228 Å². The Morgan fingerprint density at radius 3 is 2.41 bits per heavy atom. The number of benzene rings is 3. The molecule has 1 N–H and O–H groups in total. The van der Waals surface area contributed by atoms with Crippen LogP contribution in [0, 0.1) is 12.7 Å². The van der Waals surface area contributed by atoms with Gasteiger partial charge in [0.2, 0.25) is 5.13 Å². The summed E-state index contributed by atoms with van der Waals surface area (Å²) >= 11 is 1.14. The van der Waals surface area contributed by atoms with Crippen molar-refractivity contribution in [3.05, 3.63) is 106 Å². The first-order valence-electron chi connectivity index (χ1n) is 12.2. The minimum Gasteiger partial charge on any atom is -0.507 e. The van der Waals surface area contributed by atoms with Gasteiger partial charge in [-0.15, -0.1) is 10.2 Å². The van der Waals surface area contributed by atoms with E-state index in [1.807, 2.05) is 37.3 Å². The van der Waals surface area contributed by atoms with Crippen molar-refractivity contribution in [2.75, 3.05) is 11.5 Å². The van der Waals surface area contributed by atoms with Crippen LogP contribution >= 0.6 is 11.3 Å². The second-order valence-electron chi connectivity index (χ2n) is 8.69. The van der Waals surface area contributed by atoms with E-state index in [9.17, 15) is 19.1 Å². The molecule has 0 spiro atoms. The van der Waals surface area contributed by atoms with Gasteiger partial charge in [-0.3, -0.25) is 14.5 Å². The number of amides is 1. The van der Waals surface area contributed by atoms with Crippen molar-refractivity contribution in [1.82, 2.24) is 10.2 Å². The first-order valence-corrected chi connectivity index (χ1v) is 13.0. The third kappa shape index (κ3) is 5.23. The standard InChI is InChI=1S/C29H24FN3O5S/c1-3-37-23-15-20(11-14-22(23)38-16-18-7-5-4-6-8-18)25-24(26(34)19-9-12-21(30)13-10-19)27(35)28(36)33(25)29-32-31-17(2)39-29/h4-15,25,34H,3,16H2,1-2H3. The summed E-state index contributed by atoms with van der Waals surface area (Å²) in [6.07, 6.45) is 0. The fourth-order valence-electron chi connectivity index (χ4n) is 4.31. The Hall–Kier alpha value is -4.57. The Kier molecular flexibility index (Phi) is 7.38. The Morgan fingerprint density at radius 1 is 1.00 bits per heavy atom. The molecule has 0 radical (unpaired) electrons. The lowest BCUT2D eigenvalue weighted by Crippen LogP contribution is -2.29. The number of halogens is 1. The zero-order valence-electron chi connectivity index (χ0n) is 21.1. The van der Waals surface area contributed by atoms with Crippen LogP contribution in [-0.4, -0.2) is 33.6 Å². The minimum atomic E-state index is -1.04. The van der Waals surface area contributed by atoms with Gasteiger partial charge in [-0.25, -0.2) is 4.39 Å². The SMILES string of the molecule is CCOc1cc(C2C(=C(O)c3ccc(F)cc3)C(=O)C(=O)N2c2nnc(C)s2)ccc1OCc1ccccc1. The maximum absolute atomic E-state index is 13.6. The Balaban J connectivity index is 1.61. The molecule has 1 aliphatic heterocycles. The van der Waals surface area contributed by atoms with E-state index < -0.39 is 29.3 Å². The lowest BCUT2D eigenvalue weighted by Gasteiger charge is -2.23. The number of carbonyl (C=O) groups excluding carboxylic acids is 2. The van der Waals surface area contributed by atoms with E-state index in [1.165, 1.54) is 29.2 Å². The van der Waals surface area contributed by atoms with Crippen LogP contribution in [0.15, 0.2) is 78.4 Å². The Bertz CT molecular complexity index is 1550. The largest absolute Gasteiger partial charge is 0.507 e. The molecular formula is C29H24FN3O5S.